The molecule has 5 heteroatoms. The number of piperidine rings is 1. The van der Waals surface area contributed by atoms with Crippen molar-refractivity contribution in [3.05, 3.63) is 0 Å². The van der Waals surface area contributed by atoms with Gasteiger partial charge in [0.05, 0.1) is 5.92 Å². The first-order valence-electron chi connectivity index (χ1n) is 8.18. The van der Waals surface area contributed by atoms with Crippen LogP contribution in [0.1, 0.15) is 40.0 Å². The van der Waals surface area contributed by atoms with Crippen LogP contribution in [-0.4, -0.2) is 60.9 Å². The first-order valence-corrected chi connectivity index (χ1v) is 8.18. The van der Waals surface area contributed by atoms with Gasteiger partial charge in [0.15, 0.2) is 0 Å². The molecule has 21 heavy (non-hydrogen) atoms. The van der Waals surface area contributed by atoms with Gasteiger partial charge in [-0.15, -0.1) is 0 Å². The lowest BCUT2D eigenvalue weighted by Crippen LogP contribution is -2.49. The summed E-state index contributed by atoms with van der Waals surface area (Å²) in [6.07, 6.45) is 2.87. The highest BCUT2D eigenvalue weighted by atomic mass is 16.2. The van der Waals surface area contributed by atoms with E-state index in [2.05, 4.69) is 5.32 Å². The van der Waals surface area contributed by atoms with Crippen molar-refractivity contribution in [2.24, 2.45) is 11.3 Å². The molecule has 0 aromatic heterocycles. The number of hydrogen-bond acceptors (Lipinski definition) is 3. The summed E-state index contributed by atoms with van der Waals surface area (Å²) in [6, 6.07) is 0. The van der Waals surface area contributed by atoms with Crippen molar-refractivity contribution in [1.29, 1.82) is 0 Å². The first-order chi connectivity index (χ1) is 9.89. The largest absolute Gasteiger partial charge is 0.341 e. The molecule has 2 amide bonds. The van der Waals surface area contributed by atoms with Gasteiger partial charge in [-0.2, -0.15) is 0 Å². The highest BCUT2D eigenvalue weighted by molar-refractivity contribution is 5.84. The van der Waals surface area contributed by atoms with Gasteiger partial charge in [0.1, 0.15) is 0 Å². The highest BCUT2D eigenvalue weighted by Gasteiger charge is 2.34. The van der Waals surface area contributed by atoms with Gasteiger partial charge in [-0.25, -0.2) is 0 Å². The van der Waals surface area contributed by atoms with Gasteiger partial charge >= 0.3 is 0 Å². The molecule has 0 radical (unpaired) electrons. The van der Waals surface area contributed by atoms with Crippen LogP contribution >= 0.6 is 0 Å². The molecule has 0 aromatic rings. The maximum atomic E-state index is 12.7. The molecule has 2 saturated heterocycles. The number of rotatable bonds is 1. The van der Waals surface area contributed by atoms with E-state index in [1.165, 1.54) is 0 Å². The molecule has 0 aliphatic carbocycles. The van der Waals surface area contributed by atoms with Crippen LogP contribution in [0.15, 0.2) is 0 Å². The first kappa shape index (κ1) is 16.3. The fraction of sp³-hybridized carbons (Fsp3) is 0.875. The zero-order chi connectivity index (χ0) is 15.5. The summed E-state index contributed by atoms with van der Waals surface area (Å²) in [5.74, 6) is 0.394. The fourth-order valence-electron chi connectivity index (χ4n) is 3.16. The van der Waals surface area contributed by atoms with Gasteiger partial charge in [0.25, 0.3) is 0 Å². The summed E-state index contributed by atoms with van der Waals surface area (Å²) in [7, 11) is 0. The molecule has 2 fully saturated rings. The maximum Gasteiger partial charge on any atom is 0.227 e. The van der Waals surface area contributed by atoms with Gasteiger partial charge in [-0.3, -0.25) is 9.59 Å². The Kier molecular flexibility index (Phi) is 5.25. The van der Waals surface area contributed by atoms with Gasteiger partial charge in [-0.05, 0) is 25.8 Å². The second-order valence-electron chi connectivity index (χ2n) is 7.27. The molecule has 5 nitrogen and oxygen atoms in total. The number of nitrogens with zero attached hydrogens (tertiary/aromatic N) is 2. The third-order valence-electron chi connectivity index (χ3n) is 4.35. The van der Waals surface area contributed by atoms with E-state index in [-0.39, 0.29) is 23.1 Å². The zero-order valence-electron chi connectivity index (χ0n) is 13.7. The quantitative estimate of drug-likeness (QED) is 0.788. The van der Waals surface area contributed by atoms with E-state index in [0.29, 0.717) is 6.54 Å². The Morgan fingerprint density at radius 2 is 1.71 bits per heavy atom. The molecule has 2 aliphatic heterocycles. The van der Waals surface area contributed by atoms with Gasteiger partial charge in [0.2, 0.25) is 11.8 Å². The van der Waals surface area contributed by atoms with Crippen LogP contribution < -0.4 is 5.32 Å². The summed E-state index contributed by atoms with van der Waals surface area (Å²) in [5.41, 5.74) is -0.364. The van der Waals surface area contributed by atoms with Gasteiger partial charge in [-0.1, -0.05) is 20.8 Å². The Morgan fingerprint density at radius 3 is 2.43 bits per heavy atom. The molecule has 0 aromatic carbocycles. The Labute approximate surface area is 128 Å². The highest BCUT2D eigenvalue weighted by Crippen LogP contribution is 2.24. The van der Waals surface area contributed by atoms with Crippen molar-refractivity contribution in [3.63, 3.8) is 0 Å². The predicted molar refractivity (Wildman–Crippen MR) is 82.8 cm³/mol. The van der Waals surface area contributed by atoms with E-state index < -0.39 is 0 Å². The normalized spacial score (nSPS) is 24.6. The molecule has 1 N–H and O–H groups in total. The number of carbonyl (C=O) groups is 2. The molecule has 1 unspecified atom stereocenters. The molecule has 1 atom stereocenters. The second kappa shape index (κ2) is 6.77. The van der Waals surface area contributed by atoms with E-state index in [4.69, 9.17) is 0 Å². The van der Waals surface area contributed by atoms with Crippen molar-refractivity contribution in [1.82, 2.24) is 15.1 Å². The van der Waals surface area contributed by atoms with E-state index in [1.54, 1.807) is 0 Å². The van der Waals surface area contributed by atoms with Gasteiger partial charge < -0.3 is 15.1 Å². The van der Waals surface area contributed by atoms with Crippen LogP contribution in [0.2, 0.25) is 0 Å². The Balaban J connectivity index is 1.96. The second-order valence-corrected chi connectivity index (χ2v) is 7.27. The summed E-state index contributed by atoms with van der Waals surface area (Å²) in [5, 5.41) is 3.32. The molecule has 0 bridgehead atoms. The van der Waals surface area contributed by atoms with Crippen molar-refractivity contribution in [3.8, 4) is 0 Å². The van der Waals surface area contributed by atoms with E-state index in [0.717, 1.165) is 52.0 Å². The topological polar surface area (TPSA) is 52.7 Å². The minimum Gasteiger partial charge on any atom is -0.341 e. The molecule has 120 valence electrons. The van der Waals surface area contributed by atoms with E-state index in [1.807, 2.05) is 30.6 Å². The van der Waals surface area contributed by atoms with Crippen LogP contribution in [0, 0.1) is 11.3 Å². The zero-order valence-corrected chi connectivity index (χ0v) is 13.7. The maximum absolute atomic E-state index is 12.7. The lowest BCUT2D eigenvalue weighted by Gasteiger charge is -2.37. The summed E-state index contributed by atoms with van der Waals surface area (Å²) >= 11 is 0. The molecule has 0 spiro atoms. The summed E-state index contributed by atoms with van der Waals surface area (Å²) in [6.45, 7) is 10.7. The summed E-state index contributed by atoms with van der Waals surface area (Å²) in [4.78, 5) is 29.0. The standard InChI is InChI=1S/C16H29N3O2/c1-16(2,3)15(21)19-9-4-6-13(12-19)14(20)18-10-5-7-17-8-11-18/h13,17H,4-12H2,1-3H3. The predicted octanol–water partition coefficient (Wildman–Crippen LogP) is 1.09. The lowest BCUT2D eigenvalue weighted by atomic mass is 9.90. The summed E-state index contributed by atoms with van der Waals surface area (Å²) < 4.78 is 0. The average molecular weight is 295 g/mol. The smallest absolute Gasteiger partial charge is 0.227 e. The van der Waals surface area contributed by atoms with Crippen molar-refractivity contribution >= 4 is 11.8 Å². The van der Waals surface area contributed by atoms with Crippen LogP contribution in [0.25, 0.3) is 0 Å². The molecular weight excluding hydrogens is 266 g/mol. The fourth-order valence-corrected chi connectivity index (χ4v) is 3.16. The Morgan fingerprint density at radius 1 is 1.00 bits per heavy atom. The molecular formula is C16H29N3O2. The number of likely N-dealkylation sites (tertiary alicyclic amines) is 1. The van der Waals surface area contributed by atoms with Gasteiger partial charge in [0, 0.05) is 38.1 Å². The number of carbonyl (C=O) groups excluding carboxylic acids is 2. The molecule has 2 heterocycles. The Bertz CT molecular complexity index is 381. The molecule has 2 aliphatic rings. The number of nitrogens with one attached hydrogen (secondary N) is 1. The van der Waals surface area contributed by atoms with Crippen molar-refractivity contribution in [2.75, 3.05) is 39.3 Å². The minimum absolute atomic E-state index is 0.0110. The van der Waals surface area contributed by atoms with Crippen LogP contribution in [0.5, 0.6) is 0 Å². The van der Waals surface area contributed by atoms with E-state index in [9.17, 15) is 9.59 Å². The number of amides is 2. The molecule has 2 rings (SSSR count). The van der Waals surface area contributed by atoms with E-state index >= 15 is 0 Å². The number of hydrogen-bond donors (Lipinski definition) is 1. The van der Waals surface area contributed by atoms with Crippen LogP contribution in [0.4, 0.5) is 0 Å². The Hall–Kier alpha value is -1.10. The SMILES string of the molecule is CC(C)(C)C(=O)N1CCCC(C(=O)N2CCCNCC2)C1. The lowest BCUT2D eigenvalue weighted by molar-refractivity contribution is -0.145. The minimum atomic E-state index is -0.364. The molecule has 0 saturated carbocycles. The van der Waals surface area contributed by atoms with Crippen LogP contribution in [0.3, 0.4) is 0 Å². The van der Waals surface area contributed by atoms with Crippen LogP contribution in [-0.2, 0) is 9.59 Å². The van der Waals surface area contributed by atoms with Crippen molar-refractivity contribution < 1.29 is 9.59 Å². The third kappa shape index (κ3) is 4.19. The van der Waals surface area contributed by atoms with Crippen molar-refractivity contribution in [2.45, 2.75) is 40.0 Å². The average Bonchev–Trinajstić information content (AvgIpc) is 2.74. The monoisotopic (exact) mass is 295 g/mol. The third-order valence-corrected chi connectivity index (χ3v) is 4.35.